The van der Waals surface area contributed by atoms with Gasteiger partial charge in [0.2, 0.25) is 5.91 Å². The first-order valence-electron chi connectivity index (χ1n) is 10.2. The zero-order chi connectivity index (χ0) is 20.1. The van der Waals surface area contributed by atoms with Crippen molar-refractivity contribution in [1.29, 1.82) is 0 Å². The molecule has 0 fully saturated rings. The molecule has 1 aromatic heterocycles. The van der Waals surface area contributed by atoms with E-state index in [1.54, 1.807) is 4.57 Å². The topological polar surface area (TPSA) is 55.2 Å². The number of nitrogens with zero attached hydrogens (tertiary/aromatic N) is 3. The van der Waals surface area contributed by atoms with Crippen LogP contribution in [0.4, 0.5) is 0 Å². The van der Waals surface area contributed by atoms with Crippen LogP contribution in [0.15, 0.2) is 46.0 Å². The minimum Gasteiger partial charge on any atom is -0.316 e. The third-order valence-electron chi connectivity index (χ3n) is 5.36. The smallest absolute Gasteiger partial charge is 0.262 e. The van der Waals surface area contributed by atoms with E-state index in [4.69, 9.17) is 4.98 Å². The lowest BCUT2D eigenvalue weighted by atomic mass is 10.0. The first kappa shape index (κ1) is 20.6. The van der Waals surface area contributed by atoms with E-state index in [-0.39, 0.29) is 23.3 Å². The van der Waals surface area contributed by atoms with Gasteiger partial charge in [-0.1, -0.05) is 36.9 Å². The molecular weight excluding hydrogens is 370 g/mol. The fourth-order valence-corrected chi connectivity index (χ4v) is 4.58. The van der Waals surface area contributed by atoms with Crippen molar-refractivity contribution in [3.63, 3.8) is 0 Å². The van der Waals surface area contributed by atoms with Crippen LogP contribution in [0, 0.1) is 0 Å². The molecule has 2 aromatic rings. The Labute approximate surface area is 170 Å². The zero-order valence-corrected chi connectivity index (χ0v) is 17.8. The van der Waals surface area contributed by atoms with Gasteiger partial charge in [0, 0.05) is 18.3 Å². The average molecular weight is 400 g/mol. The second kappa shape index (κ2) is 9.41. The highest BCUT2D eigenvalue weighted by atomic mass is 32.2. The zero-order valence-electron chi connectivity index (χ0n) is 17.0. The van der Waals surface area contributed by atoms with Gasteiger partial charge in [0.1, 0.15) is 0 Å². The van der Waals surface area contributed by atoms with E-state index in [0.29, 0.717) is 22.6 Å². The lowest BCUT2D eigenvalue weighted by Gasteiger charge is -2.26. The summed E-state index contributed by atoms with van der Waals surface area (Å²) < 4.78 is 1.75. The molecule has 0 saturated heterocycles. The molecular formula is C22H29N3O2S. The molecule has 0 spiro atoms. The third kappa shape index (κ3) is 4.32. The number of aromatic nitrogens is 2. The summed E-state index contributed by atoms with van der Waals surface area (Å²) in [5, 5.41) is 1.25. The Kier molecular flexibility index (Phi) is 6.94. The minimum absolute atomic E-state index is 0.0303. The van der Waals surface area contributed by atoms with Gasteiger partial charge in [-0.15, -0.1) is 0 Å². The number of amides is 1. The Morgan fingerprint density at radius 2 is 2.07 bits per heavy atom. The Morgan fingerprint density at radius 3 is 2.75 bits per heavy atom. The molecule has 150 valence electrons. The van der Waals surface area contributed by atoms with Gasteiger partial charge in [0.05, 0.1) is 16.7 Å². The van der Waals surface area contributed by atoms with Crippen molar-refractivity contribution in [1.82, 2.24) is 14.5 Å². The van der Waals surface area contributed by atoms with E-state index in [9.17, 15) is 9.59 Å². The van der Waals surface area contributed by atoms with E-state index >= 15 is 0 Å². The molecule has 0 unspecified atom stereocenters. The normalized spacial score (nSPS) is 15.3. The predicted molar refractivity (Wildman–Crippen MR) is 116 cm³/mol. The van der Waals surface area contributed by atoms with Gasteiger partial charge in [0.25, 0.3) is 5.56 Å². The number of hydrogen-bond donors (Lipinski definition) is 0. The number of benzene rings is 1. The van der Waals surface area contributed by atoms with Crippen LogP contribution in [0.1, 0.15) is 58.9 Å². The fourth-order valence-electron chi connectivity index (χ4n) is 3.61. The van der Waals surface area contributed by atoms with Gasteiger partial charge in [-0.25, -0.2) is 4.98 Å². The number of carbonyl (C=O) groups is 1. The van der Waals surface area contributed by atoms with Crippen LogP contribution in [-0.4, -0.2) is 32.7 Å². The summed E-state index contributed by atoms with van der Waals surface area (Å²) >= 11 is 1.37. The molecule has 5 nitrogen and oxygen atoms in total. The van der Waals surface area contributed by atoms with Crippen LogP contribution in [-0.2, 0) is 4.79 Å². The van der Waals surface area contributed by atoms with Crippen LogP contribution < -0.4 is 5.56 Å². The molecule has 1 amide bonds. The highest BCUT2D eigenvalue weighted by Crippen LogP contribution is 2.25. The van der Waals surface area contributed by atoms with Crippen LogP contribution in [0.3, 0.4) is 0 Å². The largest absolute Gasteiger partial charge is 0.316 e. The van der Waals surface area contributed by atoms with Crippen molar-refractivity contribution in [2.75, 3.05) is 12.3 Å². The van der Waals surface area contributed by atoms with Gasteiger partial charge in [-0.2, -0.15) is 0 Å². The van der Waals surface area contributed by atoms with Crippen molar-refractivity contribution < 1.29 is 4.79 Å². The summed E-state index contributed by atoms with van der Waals surface area (Å²) in [6.45, 7) is 6.77. The molecule has 0 radical (unpaired) electrons. The molecule has 0 bridgehead atoms. The molecule has 0 N–H and O–H groups in total. The van der Waals surface area contributed by atoms with Crippen molar-refractivity contribution in [3.8, 4) is 0 Å². The molecule has 0 saturated carbocycles. The van der Waals surface area contributed by atoms with E-state index in [1.807, 2.05) is 43.0 Å². The Bertz CT molecular complexity index is 935. The number of hydrogen-bond acceptors (Lipinski definition) is 4. The maximum Gasteiger partial charge on any atom is 0.262 e. The number of para-hydroxylation sites is 1. The molecule has 1 aliphatic carbocycles. The minimum atomic E-state index is -0.0303. The highest BCUT2D eigenvalue weighted by molar-refractivity contribution is 7.99. The molecule has 1 aliphatic rings. The standard InChI is InChI=1S/C22H29N3O2S/c1-4-16(3)25-21(27)18-13-9-10-14-19(18)23-22(25)28-15-20(26)24(5-2)17-11-7-6-8-12-17/h9-11,13-14,16H,4-8,12,15H2,1-3H3/t16-/m0/s1. The number of fused-ring (bicyclic) bond motifs is 1. The van der Waals surface area contributed by atoms with Crippen LogP contribution in [0.5, 0.6) is 0 Å². The quantitative estimate of drug-likeness (QED) is 0.497. The predicted octanol–water partition coefficient (Wildman–Crippen LogP) is 4.77. The number of allylic oxidation sites excluding steroid dienone is 2. The van der Waals surface area contributed by atoms with Gasteiger partial charge in [0.15, 0.2) is 5.16 Å². The van der Waals surface area contributed by atoms with Gasteiger partial charge < -0.3 is 4.90 Å². The Balaban J connectivity index is 1.87. The summed E-state index contributed by atoms with van der Waals surface area (Å²) in [6.07, 6.45) is 7.38. The van der Waals surface area contributed by atoms with Crippen LogP contribution >= 0.6 is 11.8 Å². The van der Waals surface area contributed by atoms with Gasteiger partial charge in [-0.3, -0.25) is 14.2 Å². The summed E-state index contributed by atoms with van der Waals surface area (Å²) in [7, 11) is 0. The Morgan fingerprint density at radius 1 is 1.29 bits per heavy atom. The maximum absolute atomic E-state index is 13.0. The second-order valence-electron chi connectivity index (χ2n) is 7.21. The molecule has 6 heteroatoms. The lowest BCUT2D eigenvalue weighted by Crippen LogP contribution is -2.33. The fraction of sp³-hybridized carbons (Fsp3) is 0.500. The molecule has 1 aromatic carbocycles. The van der Waals surface area contributed by atoms with Crippen LogP contribution in [0.25, 0.3) is 10.9 Å². The highest BCUT2D eigenvalue weighted by Gasteiger charge is 2.21. The molecule has 0 aliphatic heterocycles. The lowest BCUT2D eigenvalue weighted by molar-refractivity contribution is -0.126. The van der Waals surface area contributed by atoms with E-state index in [1.165, 1.54) is 18.2 Å². The third-order valence-corrected chi connectivity index (χ3v) is 6.30. The average Bonchev–Trinajstić information content (AvgIpc) is 2.73. The first-order chi connectivity index (χ1) is 13.6. The monoisotopic (exact) mass is 399 g/mol. The van der Waals surface area contributed by atoms with E-state index in [0.717, 1.165) is 31.4 Å². The summed E-state index contributed by atoms with van der Waals surface area (Å²) in [4.78, 5) is 32.5. The summed E-state index contributed by atoms with van der Waals surface area (Å²) in [5.41, 5.74) is 1.80. The number of carbonyl (C=O) groups excluding carboxylic acids is 1. The van der Waals surface area contributed by atoms with Crippen molar-refractivity contribution >= 4 is 28.6 Å². The van der Waals surface area contributed by atoms with Crippen molar-refractivity contribution in [2.24, 2.45) is 0 Å². The SMILES string of the molecule is CC[C@H](C)n1c(SCC(=O)N(CC)C2=CCCCC2)nc2ccccc2c1=O. The second-order valence-corrected chi connectivity index (χ2v) is 8.15. The van der Waals surface area contributed by atoms with Crippen LogP contribution in [0.2, 0.25) is 0 Å². The van der Waals surface area contributed by atoms with Gasteiger partial charge in [-0.05, 0) is 58.1 Å². The van der Waals surface area contributed by atoms with Crippen molar-refractivity contribution in [2.45, 2.75) is 64.1 Å². The number of rotatable bonds is 7. The molecule has 1 atom stereocenters. The maximum atomic E-state index is 13.0. The van der Waals surface area contributed by atoms with E-state index in [2.05, 4.69) is 13.0 Å². The van der Waals surface area contributed by atoms with E-state index < -0.39 is 0 Å². The van der Waals surface area contributed by atoms with Gasteiger partial charge >= 0.3 is 0 Å². The van der Waals surface area contributed by atoms with Crippen molar-refractivity contribution in [3.05, 3.63) is 46.4 Å². The summed E-state index contributed by atoms with van der Waals surface area (Å²) in [6, 6.07) is 7.45. The number of thioether (sulfide) groups is 1. The molecule has 28 heavy (non-hydrogen) atoms. The molecule has 1 heterocycles. The summed E-state index contributed by atoms with van der Waals surface area (Å²) in [5.74, 6) is 0.366. The first-order valence-corrected chi connectivity index (χ1v) is 11.2. The molecule has 3 rings (SSSR count). The Hall–Kier alpha value is -2.08.